The van der Waals surface area contributed by atoms with Crippen molar-refractivity contribution in [2.24, 2.45) is 11.8 Å². The van der Waals surface area contributed by atoms with E-state index in [9.17, 15) is 8.42 Å². The Morgan fingerprint density at radius 3 is 2.40 bits per heavy atom. The molecule has 7 nitrogen and oxygen atoms in total. The zero-order valence-electron chi connectivity index (χ0n) is 26.7. The fraction of sp³-hybridized carbons (Fsp3) is 0.471. The number of nitrogens with zero attached hydrogens (tertiary/aromatic N) is 3. The summed E-state index contributed by atoms with van der Waals surface area (Å²) >= 11 is 1.91. The molecule has 2 N–H and O–H groups in total. The number of sulfonamides is 1. The Balaban J connectivity index is 1.56. The minimum absolute atomic E-state index is 0.000115. The van der Waals surface area contributed by atoms with Crippen molar-refractivity contribution >= 4 is 55.0 Å². The molecule has 0 spiro atoms. The molecule has 0 unspecified atom stereocenters. The first kappa shape index (κ1) is 33.6. The first-order valence-electron chi connectivity index (χ1n) is 15.7. The fourth-order valence-corrected chi connectivity index (χ4v) is 8.83. The number of halogens is 3. The lowest BCUT2D eigenvalue weighted by atomic mass is 9.76. The van der Waals surface area contributed by atoms with Crippen molar-refractivity contribution in [2.45, 2.75) is 90.0 Å². The van der Waals surface area contributed by atoms with Gasteiger partial charge in [-0.05, 0) is 116 Å². The topological polar surface area (TPSA) is 88.9 Å². The van der Waals surface area contributed by atoms with E-state index in [0.29, 0.717) is 26.6 Å². The van der Waals surface area contributed by atoms with E-state index in [0.717, 1.165) is 60.4 Å². The van der Waals surface area contributed by atoms with Crippen LogP contribution in [0, 0.1) is 34.0 Å². The molecule has 2 aromatic heterocycles. The molecule has 0 atom stereocenters. The van der Waals surface area contributed by atoms with E-state index in [4.69, 9.17) is 10.1 Å². The average molecular weight is 750 g/mol. The summed E-state index contributed by atoms with van der Waals surface area (Å²) in [7, 11) is -2.42. The highest BCUT2D eigenvalue weighted by molar-refractivity contribution is 14.1. The maximum Gasteiger partial charge on any atom is 0.263 e. The highest BCUT2D eigenvalue weighted by atomic mass is 127. The van der Waals surface area contributed by atoms with Gasteiger partial charge in [0.15, 0.2) is 0 Å². The van der Waals surface area contributed by atoms with Crippen molar-refractivity contribution in [3.05, 3.63) is 62.9 Å². The molecule has 45 heavy (non-hydrogen) atoms. The van der Waals surface area contributed by atoms with E-state index < -0.39 is 27.3 Å². The quantitative estimate of drug-likeness (QED) is 0.158. The summed E-state index contributed by atoms with van der Waals surface area (Å²) < 4.78 is 62.5. The van der Waals surface area contributed by atoms with Crippen molar-refractivity contribution in [3.63, 3.8) is 0 Å². The number of aryl methyl sites for hydroxylation is 1. The third-order valence-electron chi connectivity index (χ3n) is 8.85. The maximum atomic E-state index is 15.9. The molecule has 0 radical (unpaired) electrons. The van der Waals surface area contributed by atoms with Crippen molar-refractivity contribution in [1.29, 1.82) is 0 Å². The van der Waals surface area contributed by atoms with Crippen LogP contribution in [0.3, 0.4) is 0 Å². The van der Waals surface area contributed by atoms with Gasteiger partial charge in [-0.2, -0.15) is 5.10 Å². The lowest BCUT2D eigenvalue weighted by Gasteiger charge is -2.30. The molecule has 0 bridgehead atoms. The third-order valence-corrected chi connectivity index (χ3v) is 11.6. The molecule has 5 rings (SSSR count). The Morgan fingerprint density at radius 1 is 1.04 bits per heavy atom. The largest absolute Gasteiger partial charge is 0.373 e. The van der Waals surface area contributed by atoms with Crippen molar-refractivity contribution < 1.29 is 17.2 Å². The Labute approximate surface area is 278 Å². The smallest absolute Gasteiger partial charge is 0.263 e. The number of benzene rings is 2. The lowest BCUT2D eigenvalue weighted by molar-refractivity contribution is 0.293. The molecule has 11 heteroatoms. The summed E-state index contributed by atoms with van der Waals surface area (Å²) in [5.74, 6) is 0.569. The van der Waals surface area contributed by atoms with Gasteiger partial charge in [-0.25, -0.2) is 22.2 Å². The van der Waals surface area contributed by atoms with E-state index in [-0.39, 0.29) is 22.2 Å². The first-order valence-corrected chi connectivity index (χ1v) is 18.2. The SMILES string of the molecule is CNc1ncc(C2CCC(CCC(C)C)CC2)c2c1c(-c1cc(F)c(NS(=O)(=O)c3cc(C)ccc3I)cc1F)nn2C(C)C. The van der Waals surface area contributed by atoms with Crippen LogP contribution < -0.4 is 10.0 Å². The standard InChI is InChI=1S/C34H42F2IN5O2S/c1-19(2)7-9-22-10-12-23(13-11-22)25-18-39-34(38-6)31-32(40-42(20(3)4)33(25)31)24-16-27(36)29(17-26(24)35)41-45(43,44)30-15-21(5)8-14-28(30)37/h8,14-20,22-23,41H,7,9-13H2,1-6H3,(H,38,39). The third kappa shape index (κ3) is 6.99. The molecule has 1 saturated carbocycles. The van der Waals surface area contributed by atoms with Gasteiger partial charge in [0.25, 0.3) is 10.0 Å². The van der Waals surface area contributed by atoms with Gasteiger partial charge in [0.2, 0.25) is 0 Å². The highest BCUT2D eigenvalue weighted by Crippen LogP contribution is 2.44. The van der Waals surface area contributed by atoms with E-state index >= 15 is 8.78 Å². The fourth-order valence-electron chi connectivity index (χ4n) is 6.40. The molecular formula is C34H42F2IN5O2S. The molecule has 1 aliphatic carbocycles. The summed E-state index contributed by atoms with van der Waals surface area (Å²) in [6.07, 6.45) is 8.84. The number of hydrogen-bond acceptors (Lipinski definition) is 5. The summed E-state index contributed by atoms with van der Waals surface area (Å²) in [4.78, 5) is 4.73. The van der Waals surface area contributed by atoms with Gasteiger partial charge in [-0.15, -0.1) is 0 Å². The summed E-state index contributed by atoms with van der Waals surface area (Å²) in [6.45, 7) is 10.3. The number of rotatable bonds is 10. The van der Waals surface area contributed by atoms with Crippen LogP contribution in [0.1, 0.15) is 89.3 Å². The highest BCUT2D eigenvalue weighted by Gasteiger charge is 2.30. The average Bonchev–Trinajstić information content (AvgIpc) is 3.40. The van der Waals surface area contributed by atoms with Crippen molar-refractivity contribution in [1.82, 2.24) is 14.8 Å². The number of hydrogen-bond donors (Lipinski definition) is 2. The Morgan fingerprint density at radius 2 is 1.76 bits per heavy atom. The molecule has 1 aliphatic rings. The van der Waals surface area contributed by atoms with Crippen LogP contribution in [-0.2, 0) is 10.0 Å². The monoisotopic (exact) mass is 749 g/mol. The predicted octanol–water partition coefficient (Wildman–Crippen LogP) is 9.42. The van der Waals surface area contributed by atoms with Crippen LogP contribution >= 0.6 is 22.6 Å². The second-order valence-corrected chi connectivity index (χ2v) is 15.8. The van der Waals surface area contributed by atoms with Gasteiger partial charge in [0.1, 0.15) is 28.0 Å². The van der Waals surface area contributed by atoms with E-state index in [1.165, 1.54) is 18.9 Å². The zero-order chi connectivity index (χ0) is 32.6. The van der Waals surface area contributed by atoms with E-state index in [2.05, 4.69) is 23.9 Å². The Kier molecular flexibility index (Phi) is 10.1. The van der Waals surface area contributed by atoms with Gasteiger partial charge in [-0.3, -0.25) is 9.40 Å². The summed E-state index contributed by atoms with van der Waals surface area (Å²) in [6, 6.07) is 6.81. The van der Waals surface area contributed by atoms with Crippen LogP contribution in [0.25, 0.3) is 22.2 Å². The van der Waals surface area contributed by atoms with Crippen molar-refractivity contribution in [2.75, 3.05) is 17.1 Å². The minimum atomic E-state index is -4.17. The molecule has 2 heterocycles. The molecule has 4 aromatic rings. The number of pyridine rings is 1. The maximum absolute atomic E-state index is 15.9. The zero-order valence-corrected chi connectivity index (χ0v) is 29.7. The van der Waals surface area contributed by atoms with Crippen LogP contribution in [0.4, 0.5) is 20.3 Å². The molecule has 2 aromatic carbocycles. The first-order chi connectivity index (χ1) is 21.3. The van der Waals surface area contributed by atoms with Crippen LogP contribution in [0.15, 0.2) is 41.4 Å². The molecule has 0 saturated heterocycles. The van der Waals surface area contributed by atoms with E-state index in [1.54, 1.807) is 26.1 Å². The van der Waals surface area contributed by atoms with Crippen molar-refractivity contribution in [3.8, 4) is 11.3 Å². The second kappa shape index (κ2) is 13.5. The predicted molar refractivity (Wildman–Crippen MR) is 186 cm³/mol. The van der Waals surface area contributed by atoms with Gasteiger partial charge in [0.05, 0.1) is 16.6 Å². The molecular weight excluding hydrogens is 707 g/mol. The van der Waals surface area contributed by atoms with Gasteiger partial charge in [0, 0.05) is 34.5 Å². The second-order valence-electron chi connectivity index (χ2n) is 13.0. The normalized spacial score (nSPS) is 17.4. The molecule has 242 valence electrons. The molecule has 0 amide bonds. The van der Waals surface area contributed by atoms with E-state index in [1.807, 2.05) is 47.3 Å². The lowest BCUT2D eigenvalue weighted by Crippen LogP contribution is -2.16. The number of nitrogens with one attached hydrogen (secondary N) is 2. The van der Waals surface area contributed by atoms with Gasteiger partial charge >= 0.3 is 0 Å². The number of anilines is 2. The van der Waals surface area contributed by atoms with Crippen LogP contribution in [0.5, 0.6) is 0 Å². The Bertz CT molecular complexity index is 1820. The minimum Gasteiger partial charge on any atom is -0.373 e. The number of aromatic nitrogens is 3. The Hall–Kier alpha value is -2.80. The van der Waals surface area contributed by atoms with Crippen LogP contribution in [-0.4, -0.2) is 30.2 Å². The molecule has 0 aliphatic heterocycles. The summed E-state index contributed by atoms with van der Waals surface area (Å²) in [5, 5.41) is 8.61. The number of fused-ring (bicyclic) bond motifs is 1. The summed E-state index contributed by atoms with van der Waals surface area (Å²) in [5.41, 5.74) is 2.43. The van der Waals surface area contributed by atoms with Gasteiger partial charge < -0.3 is 5.32 Å². The van der Waals surface area contributed by atoms with Gasteiger partial charge in [-0.1, -0.05) is 32.8 Å². The molecule has 1 fully saturated rings. The van der Waals surface area contributed by atoms with Crippen LogP contribution in [0.2, 0.25) is 0 Å².